The van der Waals surface area contributed by atoms with E-state index in [1.165, 1.54) is 6.32 Å². The van der Waals surface area contributed by atoms with Crippen LogP contribution in [0.5, 0.6) is 0 Å². The van der Waals surface area contributed by atoms with Crippen LogP contribution in [0.25, 0.3) is 0 Å². The van der Waals surface area contributed by atoms with Crippen molar-refractivity contribution >= 4 is 6.15 Å². The van der Waals surface area contributed by atoms with Gasteiger partial charge in [0.2, 0.25) is 0 Å². The summed E-state index contributed by atoms with van der Waals surface area (Å²) in [5, 5.41) is 0. The Morgan fingerprint density at radius 3 is 1.33 bits per heavy atom. The van der Waals surface area contributed by atoms with Gasteiger partial charge in [0.05, 0.1) is 0 Å². The van der Waals surface area contributed by atoms with Crippen LogP contribution in [-0.2, 0) is 0 Å². The van der Waals surface area contributed by atoms with Gasteiger partial charge in [0.15, 0.2) is 0 Å². The fraction of sp³-hybridized carbons (Fsp3) is 1.00. The molecule has 0 N–H and O–H groups in total. The molecule has 0 bridgehead atoms. The molecule has 38 valence electrons. The Labute approximate surface area is 40.9 Å². The van der Waals surface area contributed by atoms with Crippen LogP contribution in [0, 0.1) is 0 Å². The zero-order chi connectivity index (χ0) is 5.21. The van der Waals surface area contributed by atoms with E-state index >= 15 is 0 Å². The standard InChI is InChI=1S/C5H14B/c1-5-6(2,3)4/h5H2,1-4H3/q-1. The van der Waals surface area contributed by atoms with E-state index in [-0.39, 0.29) is 6.15 Å². The molecule has 0 aromatic heterocycles. The van der Waals surface area contributed by atoms with E-state index in [9.17, 15) is 0 Å². The second-order valence-corrected chi connectivity index (χ2v) is 3.37. The zero-order valence-electron chi connectivity index (χ0n) is 5.28. The molecule has 0 nitrogen and oxygen atoms in total. The van der Waals surface area contributed by atoms with Crippen molar-refractivity contribution in [1.29, 1.82) is 0 Å². The summed E-state index contributed by atoms with van der Waals surface area (Å²) in [5.41, 5.74) is 0. The Morgan fingerprint density at radius 2 is 1.33 bits per heavy atom. The first-order valence-electron chi connectivity index (χ1n) is 2.85. The first-order valence-corrected chi connectivity index (χ1v) is 2.85. The highest BCUT2D eigenvalue weighted by molar-refractivity contribution is 6.75. The predicted molar refractivity (Wildman–Crippen MR) is 33.8 cm³/mol. The third-order valence-corrected chi connectivity index (χ3v) is 1.22. The van der Waals surface area contributed by atoms with Gasteiger partial charge in [-0.15, -0.1) is 0 Å². The van der Waals surface area contributed by atoms with Gasteiger partial charge >= 0.3 is 0 Å². The van der Waals surface area contributed by atoms with Crippen LogP contribution in [0.2, 0.25) is 26.8 Å². The zero-order valence-corrected chi connectivity index (χ0v) is 5.28. The third kappa shape index (κ3) is 4.06. The highest BCUT2D eigenvalue weighted by Gasteiger charge is 1.98. The molecular weight excluding hydrogens is 70.9 g/mol. The smallest absolute Gasteiger partial charge is 0.00882 e. The highest BCUT2D eigenvalue weighted by atomic mass is 13.6. The van der Waals surface area contributed by atoms with Crippen LogP contribution in [-0.4, -0.2) is 6.15 Å². The minimum Gasteiger partial charge on any atom is -0.190 e. The van der Waals surface area contributed by atoms with Crippen molar-refractivity contribution in [3.63, 3.8) is 0 Å². The van der Waals surface area contributed by atoms with Gasteiger partial charge in [-0.25, -0.2) is 0 Å². The van der Waals surface area contributed by atoms with E-state index in [2.05, 4.69) is 27.4 Å². The van der Waals surface area contributed by atoms with Crippen molar-refractivity contribution in [2.24, 2.45) is 0 Å². The average Bonchev–Trinajstić information content (AvgIpc) is 1.35. The van der Waals surface area contributed by atoms with E-state index in [1.807, 2.05) is 0 Å². The second kappa shape index (κ2) is 1.68. The normalized spacial score (nSPS) is 12.0. The minimum atomic E-state index is 0.0139. The summed E-state index contributed by atoms with van der Waals surface area (Å²) in [6, 6.07) is 0. The lowest BCUT2D eigenvalue weighted by molar-refractivity contribution is 1.36. The Kier molecular flexibility index (Phi) is 1.69. The quantitative estimate of drug-likeness (QED) is 0.428. The number of rotatable bonds is 1. The Morgan fingerprint density at radius 1 is 1.17 bits per heavy atom. The summed E-state index contributed by atoms with van der Waals surface area (Å²) in [6.45, 7) is 9.15. The third-order valence-electron chi connectivity index (χ3n) is 1.22. The SMILES string of the molecule is CC[B-](C)(C)C. The average molecular weight is 85.0 g/mol. The summed E-state index contributed by atoms with van der Waals surface area (Å²) >= 11 is 0. The fourth-order valence-electron chi connectivity index (χ4n) is 0. The lowest BCUT2D eigenvalue weighted by Crippen LogP contribution is -2.16. The molecule has 0 saturated carbocycles. The van der Waals surface area contributed by atoms with E-state index in [0.29, 0.717) is 0 Å². The molecule has 0 unspecified atom stereocenters. The van der Waals surface area contributed by atoms with Gasteiger partial charge in [-0.3, -0.25) is 0 Å². The summed E-state index contributed by atoms with van der Waals surface area (Å²) in [6.07, 6.45) is 1.35. The Bertz CT molecular complexity index is 33.7. The van der Waals surface area contributed by atoms with Gasteiger partial charge in [-0.2, -0.15) is 26.8 Å². The summed E-state index contributed by atoms with van der Waals surface area (Å²) in [5.74, 6) is 0. The molecule has 0 rings (SSSR count). The maximum atomic E-state index is 2.31. The highest BCUT2D eigenvalue weighted by Crippen LogP contribution is 2.04. The van der Waals surface area contributed by atoms with Crippen LogP contribution >= 0.6 is 0 Å². The van der Waals surface area contributed by atoms with E-state index in [4.69, 9.17) is 0 Å². The first kappa shape index (κ1) is 6.06. The van der Waals surface area contributed by atoms with Gasteiger partial charge in [0.1, 0.15) is 0 Å². The van der Waals surface area contributed by atoms with Crippen molar-refractivity contribution in [3.8, 4) is 0 Å². The Balaban J connectivity index is 3.17. The topological polar surface area (TPSA) is 0 Å². The van der Waals surface area contributed by atoms with Gasteiger partial charge in [0.25, 0.3) is 0 Å². The van der Waals surface area contributed by atoms with Gasteiger partial charge in [-0.05, 0) is 6.15 Å². The molecule has 0 fully saturated rings. The predicted octanol–water partition coefficient (Wildman–Crippen LogP) is 2.34. The van der Waals surface area contributed by atoms with E-state index in [0.717, 1.165) is 0 Å². The van der Waals surface area contributed by atoms with Gasteiger partial charge in [-0.1, -0.05) is 6.92 Å². The molecule has 0 amide bonds. The van der Waals surface area contributed by atoms with E-state index in [1.54, 1.807) is 0 Å². The van der Waals surface area contributed by atoms with Crippen LogP contribution in [0.15, 0.2) is 0 Å². The molecule has 0 aliphatic carbocycles. The summed E-state index contributed by atoms with van der Waals surface area (Å²) < 4.78 is 0. The lowest BCUT2D eigenvalue weighted by atomic mass is 9.29. The molecule has 0 aromatic rings. The monoisotopic (exact) mass is 85.1 g/mol. The second-order valence-electron chi connectivity index (χ2n) is 3.37. The van der Waals surface area contributed by atoms with Crippen molar-refractivity contribution in [2.75, 3.05) is 0 Å². The fourth-order valence-corrected chi connectivity index (χ4v) is 0. The molecule has 0 aliphatic heterocycles. The van der Waals surface area contributed by atoms with Crippen LogP contribution in [0.4, 0.5) is 0 Å². The minimum absolute atomic E-state index is 0.0139. The lowest BCUT2D eigenvalue weighted by Gasteiger charge is -2.18. The maximum Gasteiger partial charge on any atom is -0.00882 e. The largest absolute Gasteiger partial charge is 0.190 e. The van der Waals surface area contributed by atoms with Crippen molar-refractivity contribution < 1.29 is 0 Å². The summed E-state index contributed by atoms with van der Waals surface area (Å²) in [7, 11) is 0. The van der Waals surface area contributed by atoms with E-state index < -0.39 is 0 Å². The number of hydrogen-bond acceptors (Lipinski definition) is 0. The van der Waals surface area contributed by atoms with Crippen molar-refractivity contribution in [3.05, 3.63) is 0 Å². The summed E-state index contributed by atoms with van der Waals surface area (Å²) in [4.78, 5) is 0. The molecule has 6 heavy (non-hydrogen) atoms. The van der Waals surface area contributed by atoms with Crippen LogP contribution in [0.1, 0.15) is 6.92 Å². The number of hydrogen-bond donors (Lipinski definition) is 0. The molecule has 0 spiro atoms. The van der Waals surface area contributed by atoms with Crippen LogP contribution < -0.4 is 0 Å². The van der Waals surface area contributed by atoms with Crippen molar-refractivity contribution in [1.82, 2.24) is 0 Å². The maximum absolute atomic E-state index is 2.31. The van der Waals surface area contributed by atoms with Gasteiger partial charge < -0.3 is 0 Å². The molecule has 0 heterocycles. The molecule has 0 aliphatic rings. The molecule has 0 atom stereocenters. The van der Waals surface area contributed by atoms with Gasteiger partial charge in [0, 0.05) is 0 Å². The molecule has 0 aromatic carbocycles. The Hall–Kier alpha value is 0.0649. The van der Waals surface area contributed by atoms with Crippen LogP contribution in [0.3, 0.4) is 0 Å². The molecular formula is C5H14B-. The van der Waals surface area contributed by atoms with Crippen molar-refractivity contribution in [2.45, 2.75) is 33.7 Å². The first-order chi connectivity index (χ1) is 2.56. The molecule has 1 heteroatoms. The molecule has 0 saturated heterocycles. The molecule has 0 radical (unpaired) electrons.